The molecule has 2 aromatic rings. The summed E-state index contributed by atoms with van der Waals surface area (Å²) in [5.41, 5.74) is 3.39. The molecule has 1 aliphatic heterocycles. The predicted octanol–water partition coefficient (Wildman–Crippen LogP) is 2.63. The first kappa shape index (κ1) is 19.6. The number of rotatable bonds is 5. The molecule has 6 heteroatoms. The van der Waals surface area contributed by atoms with Crippen LogP contribution in [0.15, 0.2) is 48.5 Å². The normalized spacial score (nSPS) is 16.2. The molecule has 0 fully saturated rings. The van der Waals surface area contributed by atoms with Crippen molar-refractivity contribution in [2.75, 3.05) is 11.4 Å². The average Bonchev–Trinajstić information content (AvgIpc) is 3.01. The van der Waals surface area contributed by atoms with Crippen molar-refractivity contribution in [3.05, 3.63) is 65.2 Å². The number of carbonyl (C=O) groups is 3. The molecule has 0 saturated heterocycles. The van der Waals surface area contributed by atoms with E-state index in [0.717, 1.165) is 23.2 Å². The minimum Gasteiger partial charge on any atom is -0.451 e. The molecule has 1 aliphatic rings. The Balaban J connectivity index is 1.55. The molecule has 0 saturated carbocycles. The second-order valence-electron chi connectivity index (χ2n) is 7.07. The molecule has 146 valence electrons. The Morgan fingerprint density at radius 1 is 1.18 bits per heavy atom. The molecule has 0 aliphatic carbocycles. The maximum atomic E-state index is 12.8. The van der Waals surface area contributed by atoms with Crippen LogP contribution >= 0.6 is 0 Å². The van der Waals surface area contributed by atoms with Gasteiger partial charge in [0.05, 0.1) is 0 Å². The van der Waals surface area contributed by atoms with Crippen LogP contribution in [-0.2, 0) is 20.7 Å². The molecule has 6 nitrogen and oxygen atoms in total. The maximum absolute atomic E-state index is 12.8. The lowest BCUT2D eigenvalue weighted by atomic mass is 10.1. The lowest BCUT2D eigenvalue weighted by Gasteiger charge is -2.26. The Hall–Kier alpha value is -3.15. The van der Waals surface area contributed by atoms with Gasteiger partial charge in [0.2, 0.25) is 0 Å². The Kier molecular flexibility index (Phi) is 5.78. The minimum absolute atomic E-state index is 0.00655. The molecule has 0 unspecified atom stereocenters. The van der Waals surface area contributed by atoms with Crippen LogP contribution in [0.4, 0.5) is 5.69 Å². The van der Waals surface area contributed by atoms with Crippen molar-refractivity contribution in [1.29, 1.82) is 0 Å². The molecule has 0 radical (unpaired) electrons. The van der Waals surface area contributed by atoms with E-state index < -0.39 is 12.1 Å². The van der Waals surface area contributed by atoms with Crippen LogP contribution in [0.3, 0.4) is 0 Å². The molecular formula is C22H24N2O4. The van der Waals surface area contributed by atoms with Crippen molar-refractivity contribution in [2.45, 2.75) is 39.3 Å². The highest BCUT2D eigenvalue weighted by atomic mass is 16.5. The van der Waals surface area contributed by atoms with Gasteiger partial charge in [0, 0.05) is 17.3 Å². The third-order valence-corrected chi connectivity index (χ3v) is 4.77. The van der Waals surface area contributed by atoms with E-state index in [9.17, 15) is 14.4 Å². The third kappa shape index (κ3) is 4.22. The van der Waals surface area contributed by atoms with Crippen LogP contribution in [0, 0.1) is 6.92 Å². The molecular weight excluding hydrogens is 356 g/mol. The zero-order valence-electron chi connectivity index (χ0n) is 16.3. The number of amides is 2. The zero-order chi connectivity index (χ0) is 20.3. The predicted molar refractivity (Wildman–Crippen MR) is 106 cm³/mol. The van der Waals surface area contributed by atoms with Crippen LogP contribution < -0.4 is 10.2 Å². The van der Waals surface area contributed by atoms with Gasteiger partial charge in [-0.2, -0.15) is 0 Å². The van der Waals surface area contributed by atoms with Gasteiger partial charge in [0.15, 0.2) is 6.10 Å². The van der Waals surface area contributed by atoms with E-state index in [-0.39, 0.29) is 24.4 Å². The van der Waals surface area contributed by atoms with Gasteiger partial charge >= 0.3 is 5.97 Å². The van der Waals surface area contributed by atoms with E-state index in [1.54, 1.807) is 30.0 Å². The third-order valence-electron chi connectivity index (χ3n) is 4.77. The molecule has 0 aromatic heterocycles. The number of fused-ring (bicyclic) bond motifs is 1. The van der Waals surface area contributed by atoms with Crippen LogP contribution in [0.5, 0.6) is 0 Å². The molecule has 2 aromatic carbocycles. The number of aryl methyl sites for hydroxylation is 1. The largest absolute Gasteiger partial charge is 0.451 e. The summed E-state index contributed by atoms with van der Waals surface area (Å²) in [4.78, 5) is 38.7. The number of benzene rings is 2. The maximum Gasteiger partial charge on any atom is 0.326 e. The fraction of sp³-hybridized carbons (Fsp3) is 0.318. The first-order valence-corrected chi connectivity index (χ1v) is 9.32. The second kappa shape index (κ2) is 8.25. The quantitative estimate of drug-likeness (QED) is 0.809. The fourth-order valence-electron chi connectivity index (χ4n) is 3.43. The number of ether oxygens (including phenoxy) is 1. The standard InChI is InChI=1S/C22H24N2O4/c1-14-7-6-9-18(11-14)21(26)23-13-20(25)28-16(3)22(27)24-15(2)12-17-8-4-5-10-19(17)24/h4-11,15-16H,12-13H2,1-3H3,(H,23,26)/t15-,16-/m1/s1. The first-order valence-electron chi connectivity index (χ1n) is 9.32. The van der Waals surface area contributed by atoms with Gasteiger partial charge in [-0.15, -0.1) is 0 Å². The Morgan fingerprint density at radius 2 is 1.93 bits per heavy atom. The summed E-state index contributed by atoms with van der Waals surface area (Å²) in [6, 6.07) is 14.8. The zero-order valence-corrected chi connectivity index (χ0v) is 16.3. The lowest BCUT2D eigenvalue weighted by Crippen LogP contribution is -2.44. The molecule has 1 N–H and O–H groups in total. The summed E-state index contributed by atoms with van der Waals surface area (Å²) in [6.45, 7) is 5.11. The summed E-state index contributed by atoms with van der Waals surface area (Å²) in [5, 5.41) is 2.53. The monoisotopic (exact) mass is 380 g/mol. The molecule has 1 heterocycles. The highest BCUT2D eigenvalue weighted by molar-refractivity contribution is 6.00. The lowest BCUT2D eigenvalue weighted by molar-refractivity contribution is -0.152. The van der Waals surface area contributed by atoms with Crippen molar-refractivity contribution in [3.8, 4) is 0 Å². The molecule has 28 heavy (non-hydrogen) atoms. The van der Waals surface area contributed by atoms with E-state index in [2.05, 4.69) is 5.32 Å². The topological polar surface area (TPSA) is 75.7 Å². The fourth-order valence-corrected chi connectivity index (χ4v) is 3.43. The van der Waals surface area contributed by atoms with E-state index in [1.165, 1.54) is 0 Å². The molecule has 0 spiro atoms. The van der Waals surface area contributed by atoms with E-state index in [4.69, 9.17) is 4.74 Å². The number of anilines is 1. The number of para-hydroxylation sites is 1. The summed E-state index contributed by atoms with van der Waals surface area (Å²) >= 11 is 0. The Labute approximate surface area is 164 Å². The number of carbonyl (C=O) groups excluding carboxylic acids is 3. The molecule has 2 amide bonds. The summed E-state index contributed by atoms with van der Waals surface area (Å²) in [7, 11) is 0. The Bertz CT molecular complexity index is 909. The van der Waals surface area contributed by atoms with Crippen LogP contribution in [0.2, 0.25) is 0 Å². The van der Waals surface area contributed by atoms with E-state index in [0.29, 0.717) is 5.56 Å². The average molecular weight is 380 g/mol. The van der Waals surface area contributed by atoms with Crippen LogP contribution in [0.1, 0.15) is 35.3 Å². The van der Waals surface area contributed by atoms with Gasteiger partial charge in [-0.25, -0.2) is 0 Å². The molecule has 3 rings (SSSR count). The molecule has 2 atom stereocenters. The first-order chi connectivity index (χ1) is 13.4. The van der Waals surface area contributed by atoms with Crippen molar-refractivity contribution < 1.29 is 19.1 Å². The van der Waals surface area contributed by atoms with Gasteiger partial charge in [0.25, 0.3) is 11.8 Å². The SMILES string of the molecule is Cc1cccc(C(=O)NCC(=O)O[C@H](C)C(=O)N2c3ccccc3C[C@H]2C)c1. The van der Waals surface area contributed by atoms with Gasteiger partial charge in [-0.3, -0.25) is 14.4 Å². The van der Waals surface area contributed by atoms with Crippen molar-refractivity contribution in [2.24, 2.45) is 0 Å². The van der Waals surface area contributed by atoms with Gasteiger partial charge < -0.3 is 15.0 Å². The van der Waals surface area contributed by atoms with Crippen LogP contribution in [-0.4, -0.2) is 36.5 Å². The van der Waals surface area contributed by atoms with Gasteiger partial charge in [-0.1, -0.05) is 35.9 Å². The van der Waals surface area contributed by atoms with Crippen molar-refractivity contribution in [3.63, 3.8) is 0 Å². The van der Waals surface area contributed by atoms with E-state index >= 15 is 0 Å². The highest BCUT2D eigenvalue weighted by Crippen LogP contribution is 2.32. The van der Waals surface area contributed by atoms with Crippen LogP contribution in [0.25, 0.3) is 0 Å². The minimum atomic E-state index is -0.933. The smallest absolute Gasteiger partial charge is 0.326 e. The van der Waals surface area contributed by atoms with Crippen molar-refractivity contribution >= 4 is 23.5 Å². The number of nitrogens with zero attached hydrogens (tertiary/aromatic N) is 1. The Morgan fingerprint density at radius 3 is 2.68 bits per heavy atom. The van der Waals surface area contributed by atoms with E-state index in [1.807, 2.05) is 44.2 Å². The summed E-state index contributed by atoms with van der Waals surface area (Å²) < 4.78 is 5.25. The highest BCUT2D eigenvalue weighted by Gasteiger charge is 2.34. The van der Waals surface area contributed by atoms with Crippen molar-refractivity contribution in [1.82, 2.24) is 5.32 Å². The molecule has 0 bridgehead atoms. The number of esters is 1. The van der Waals surface area contributed by atoms with Gasteiger partial charge in [-0.05, 0) is 51.0 Å². The van der Waals surface area contributed by atoms with Gasteiger partial charge in [0.1, 0.15) is 6.54 Å². The summed E-state index contributed by atoms with van der Waals surface area (Å²) in [6.07, 6.45) is -0.160. The summed E-state index contributed by atoms with van der Waals surface area (Å²) in [5.74, 6) is -1.28. The second-order valence-corrected chi connectivity index (χ2v) is 7.07. The number of hydrogen-bond donors (Lipinski definition) is 1. The number of hydrogen-bond acceptors (Lipinski definition) is 4. The number of nitrogens with one attached hydrogen (secondary N) is 1.